The Morgan fingerprint density at radius 3 is 2.22 bits per heavy atom. The van der Waals surface area contributed by atoms with E-state index < -0.39 is 6.04 Å². The molecule has 6 heteroatoms. The first kappa shape index (κ1) is 15.8. The summed E-state index contributed by atoms with van der Waals surface area (Å²) in [6.07, 6.45) is 1.64. The minimum absolute atomic E-state index is 0.0339. The summed E-state index contributed by atoms with van der Waals surface area (Å²) in [6, 6.07) is 12.5. The molecule has 0 saturated carbocycles. The number of benzene rings is 2. The third-order valence-electron chi connectivity index (χ3n) is 5.42. The monoisotopic (exact) mass is 360 g/mol. The van der Waals surface area contributed by atoms with Gasteiger partial charge < -0.3 is 5.11 Å². The largest absolute Gasteiger partial charge is 0.508 e. The number of phenolic OH excluding ortho intramolecular Hbond substituents is 1. The Balaban J connectivity index is 1.92. The Bertz CT molecular complexity index is 1260. The highest BCUT2D eigenvalue weighted by atomic mass is 16.3. The summed E-state index contributed by atoms with van der Waals surface area (Å²) < 4.78 is 2.81. The molecule has 0 amide bonds. The smallest absolute Gasteiger partial charge is 0.277 e. The topological polar surface area (TPSA) is 81.3 Å². The zero-order valence-corrected chi connectivity index (χ0v) is 14.4. The number of aromatic nitrogens is 2. The predicted octanol–water partition coefficient (Wildman–Crippen LogP) is 2.44. The molecular formula is C21H16N2O4. The van der Waals surface area contributed by atoms with Gasteiger partial charge in [0.2, 0.25) is 0 Å². The Kier molecular flexibility index (Phi) is 3.25. The van der Waals surface area contributed by atoms with Crippen LogP contribution in [0.3, 0.4) is 0 Å². The summed E-state index contributed by atoms with van der Waals surface area (Å²) in [5.74, 6) is 0.0672. The van der Waals surface area contributed by atoms with Crippen LogP contribution in [0.15, 0.2) is 63.7 Å². The molecule has 1 aliphatic heterocycles. The van der Waals surface area contributed by atoms with Crippen LogP contribution in [-0.4, -0.2) is 20.3 Å². The zero-order chi connectivity index (χ0) is 18.7. The van der Waals surface area contributed by atoms with E-state index in [1.54, 1.807) is 36.4 Å². The number of allylic oxidation sites excluding steroid dienone is 2. The lowest BCUT2D eigenvalue weighted by Crippen LogP contribution is -2.37. The molecule has 2 heterocycles. The van der Waals surface area contributed by atoms with Crippen LogP contribution in [0.25, 0.3) is 16.5 Å². The van der Waals surface area contributed by atoms with E-state index in [1.165, 1.54) is 21.5 Å². The van der Waals surface area contributed by atoms with Gasteiger partial charge in [-0.1, -0.05) is 24.3 Å². The van der Waals surface area contributed by atoms with E-state index in [0.717, 1.165) is 0 Å². The van der Waals surface area contributed by atoms with Crippen LogP contribution >= 0.6 is 0 Å². The third-order valence-corrected chi connectivity index (χ3v) is 5.42. The molecular weight excluding hydrogens is 344 g/mol. The molecule has 6 nitrogen and oxygen atoms in total. The van der Waals surface area contributed by atoms with E-state index in [2.05, 4.69) is 0 Å². The molecule has 1 aromatic heterocycles. The number of hydrogen-bond acceptors (Lipinski definition) is 4. The number of hydrogen-bond donors (Lipinski definition) is 1. The van der Waals surface area contributed by atoms with Crippen molar-refractivity contribution in [2.75, 3.05) is 0 Å². The van der Waals surface area contributed by atoms with Crippen molar-refractivity contribution in [2.24, 2.45) is 0 Å². The second kappa shape index (κ2) is 5.54. The Morgan fingerprint density at radius 1 is 0.852 bits per heavy atom. The number of Topliss-reactive ketones (excluding diaryl/α,β-unsaturated/α-hetero) is 1. The van der Waals surface area contributed by atoms with E-state index in [0.29, 0.717) is 46.9 Å². The van der Waals surface area contributed by atoms with Crippen LogP contribution in [0.4, 0.5) is 0 Å². The van der Waals surface area contributed by atoms with Crippen molar-refractivity contribution >= 4 is 22.3 Å². The highest BCUT2D eigenvalue weighted by Gasteiger charge is 2.39. The highest BCUT2D eigenvalue weighted by molar-refractivity contribution is 6.04. The molecule has 0 spiro atoms. The van der Waals surface area contributed by atoms with Gasteiger partial charge in [-0.2, -0.15) is 0 Å². The molecule has 134 valence electrons. The number of nitrogens with zero attached hydrogens (tertiary/aromatic N) is 2. The normalized spacial score (nSPS) is 18.7. The zero-order valence-electron chi connectivity index (χ0n) is 14.4. The first-order chi connectivity index (χ1) is 13.1. The van der Waals surface area contributed by atoms with E-state index in [4.69, 9.17) is 0 Å². The van der Waals surface area contributed by atoms with Crippen molar-refractivity contribution in [1.29, 1.82) is 0 Å². The van der Waals surface area contributed by atoms with Crippen molar-refractivity contribution in [2.45, 2.75) is 25.3 Å². The van der Waals surface area contributed by atoms with Gasteiger partial charge in [-0.05, 0) is 42.7 Å². The van der Waals surface area contributed by atoms with Gasteiger partial charge in [0, 0.05) is 12.0 Å². The average molecular weight is 360 g/mol. The van der Waals surface area contributed by atoms with Crippen LogP contribution in [-0.2, 0) is 4.79 Å². The molecule has 1 aliphatic carbocycles. The second-order valence-electron chi connectivity index (χ2n) is 6.94. The number of carbonyl (C=O) groups is 1. The average Bonchev–Trinajstić information content (AvgIpc) is 3.04. The fourth-order valence-corrected chi connectivity index (χ4v) is 4.23. The minimum atomic E-state index is -0.654. The predicted molar refractivity (Wildman–Crippen MR) is 101 cm³/mol. The quantitative estimate of drug-likeness (QED) is 0.723. The van der Waals surface area contributed by atoms with Crippen molar-refractivity contribution in [1.82, 2.24) is 9.36 Å². The number of rotatable bonds is 1. The van der Waals surface area contributed by atoms with Gasteiger partial charge in [0.1, 0.15) is 11.8 Å². The van der Waals surface area contributed by atoms with Gasteiger partial charge in [-0.25, -0.2) is 9.36 Å². The molecule has 0 saturated heterocycles. The molecule has 1 unspecified atom stereocenters. The fraction of sp³-hybridized carbons (Fsp3) is 0.190. The summed E-state index contributed by atoms with van der Waals surface area (Å²) in [5.41, 5.74) is 1.25. The third kappa shape index (κ3) is 2.10. The van der Waals surface area contributed by atoms with Gasteiger partial charge in [0.15, 0.2) is 5.78 Å². The summed E-state index contributed by atoms with van der Waals surface area (Å²) in [7, 11) is 0. The number of aromatic hydroxyl groups is 1. The van der Waals surface area contributed by atoms with Crippen LogP contribution in [0.1, 0.15) is 30.9 Å². The van der Waals surface area contributed by atoms with Gasteiger partial charge in [-0.15, -0.1) is 0 Å². The molecule has 27 heavy (non-hydrogen) atoms. The maximum atomic E-state index is 13.3. The van der Waals surface area contributed by atoms with Crippen molar-refractivity contribution in [3.8, 4) is 5.75 Å². The lowest BCUT2D eigenvalue weighted by molar-refractivity contribution is -0.116. The molecule has 5 rings (SSSR count). The number of fused-ring (bicyclic) bond motifs is 3. The summed E-state index contributed by atoms with van der Waals surface area (Å²) >= 11 is 0. The van der Waals surface area contributed by atoms with Crippen molar-refractivity contribution in [3.63, 3.8) is 0 Å². The van der Waals surface area contributed by atoms with Crippen molar-refractivity contribution < 1.29 is 9.90 Å². The molecule has 0 radical (unpaired) electrons. The fourth-order valence-electron chi connectivity index (χ4n) is 4.23. The standard InChI is InChI=1S/C21H16N2O4/c24-13-10-8-12(9-11-13)19-18-16(6-3-7-17(18)25)22-20(26)14-4-1-2-5-15(14)21(27)23(19)22/h1-2,4-5,8-11,19,24H,3,6-7H2. The Hall–Kier alpha value is -3.41. The van der Waals surface area contributed by atoms with Crippen LogP contribution in [0.5, 0.6) is 5.75 Å². The van der Waals surface area contributed by atoms with E-state index in [9.17, 15) is 19.5 Å². The van der Waals surface area contributed by atoms with Gasteiger partial charge in [0.25, 0.3) is 11.1 Å². The molecule has 3 aromatic rings. The highest BCUT2D eigenvalue weighted by Crippen LogP contribution is 2.40. The first-order valence-electron chi connectivity index (χ1n) is 8.90. The Labute approximate surface area is 153 Å². The minimum Gasteiger partial charge on any atom is -0.508 e. The first-order valence-corrected chi connectivity index (χ1v) is 8.90. The number of carbonyl (C=O) groups excluding carboxylic acids is 1. The van der Waals surface area contributed by atoms with Gasteiger partial charge in [-0.3, -0.25) is 14.4 Å². The lowest BCUT2D eigenvalue weighted by Gasteiger charge is -2.18. The second-order valence-corrected chi connectivity index (χ2v) is 6.94. The van der Waals surface area contributed by atoms with Gasteiger partial charge in [0.05, 0.1) is 16.5 Å². The maximum Gasteiger partial charge on any atom is 0.277 e. The molecule has 1 atom stereocenters. The van der Waals surface area contributed by atoms with E-state index in [-0.39, 0.29) is 22.7 Å². The van der Waals surface area contributed by atoms with E-state index in [1.807, 2.05) is 0 Å². The SMILES string of the molecule is O=C1CCCC2=C1C(c1ccc(O)cc1)n1c(=O)c3ccccc3c(=O)n12. The number of ketones is 1. The van der Waals surface area contributed by atoms with E-state index >= 15 is 0 Å². The van der Waals surface area contributed by atoms with Gasteiger partial charge >= 0.3 is 0 Å². The molecule has 0 bridgehead atoms. The maximum absolute atomic E-state index is 13.3. The number of phenols is 1. The van der Waals surface area contributed by atoms with Crippen LogP contribution in [0, 0.1) is 0 Å². The summed E-state index contributed by atoms with van der Waals surface area (Å²) in [4.78, 5) is 39.2. The lowest BCUT2D eigenvalue weighted by atomic mass is 9.88. The molecule has 1 N–H and O–H groups in total. The molecule has 2 aliphatic rings. The Morgan fingerprint density at radius 2 is 1.52 bits per heavy atom. The molecule has 0 fully saturated rings. The summed E-state index contributed by atoms with van der Waals surface area (Å²) in [6.45, 7) is 0. The van der Waals surface area contributed by atoms with Crippen LogP contribution < -0.4 is 11.1 Å². The summed E-state index contributed by atoms with van der Waals surface area (Å²) in [5, 5.41) is 10.3. The molecule has 2 aromatic carbocycles. The van der Waals surface area contributed by atoms with Crippen LogP contribution in [0.2, 0.25) is 0 Å². The van der Waals surface area contributed by atoms with Crippen molar-refractivity contribution in [3.05, 3.63) is 80.4 Å².